The second-order valence-electron chi connectivity index (χ2n) is 6.46. The highest BCUT2D eigenvalue weighted by Gasteiger charge is 2.33. The van der Waals surface area contributed by atoms with Crippen molar-refractivity contribution in [3.63, 3.8) is 0 Å². The van der Waals surface area contributed by atoms with Gasteiger partial charge in [0.05, 0.1) is 11.8 Å². The van der Waals surface area contributed by atoms with E-state index in [0.717, 1.165) is 42.1 Å². The van der Waals surface area contributed by atoms with Crippen LogP contribution in [0, 0.1) is 18.3 Å². The fourth-order valence-corrected chi connectivity index (χ4v) is 4.50. The van der Waals surface area contributed by atoms with E-state index in [4.69, 9.17) is 0 Å². The number of nitrogens with zero attached hydrogens (tertiary/aromatic N) is 3. The van der Waals surface area contributed by atoms with E-state index < -0.39 is 5.54 Å². The molecule has 1 saturated carbocycles. The molecule has 1 aromatic heterocycles. The number of carbonyl (C=O) groups is 1. The summed E-state index contributed by atoms with van der Waals surface area (Å²) in [7, 11) is 0. The summed E-state index contributed by atoms with van der Waals surface area (Å²) >= 11 is 2.75. The smallest absolute Gasteiger partial charge is 0.231 e. The van der Waals surface area contributed by atoms with Crippen LogP contribution < -0.4 is 10.6 Å². The number of nitriles is 1. The van der Waals surface area contributed by atoms with Crippen LogP contribution in [0.1, 0.15) is 37.7 Å². The predicted molar refractivity (Wildman–Crippen MR) is 105 cm³/mol. The SMILES string of the molecule is Cc1ccc(Nc2nnc(SCC(=O)NC3(C#N)CCCCC3)s2)cc1. The molecule has 0 radical (unpaired) electrons. The molecule has 1 aliphatic carbocycles. The van der Waals surface area contributed by atoms with Crippen LogP contribution >= 0.6 is 23.1 Å². The molecule has 0 aliphatic heterocycles. The molecule has 26 heavy (non-hydrogen) atoms. The van der Waals surface area contributed by atoms with Crippen LogP contribution in [-0.2, 0) is 4.79 Å². The summed E-state index contributed by atoms with van der Waals surface area (Å²) in [5.74, 6) is 0.115. The van der Waals surface area contributed by atoms with E-state index in [0.29, 0.717) is 5.13 Å². The number of rotatable bonds is 6. The highest BCUT2D eigenvalue weighted by molar-refractivity contribution is 8.01. The van der Waals surface area contributed by atoms with Crippen LogP contribution in [0.5, 0.6) is 0 Å². The molecule has 1 heterocycles. The van der Waals surface area contributed by atoms with Gasteiger partial charge >= 0.3 is 0 Å². The lowest BCUT2D eigenvalue weighted by Crippen LogP contribution is -2.49. The molecule has 1 fully saturated rings. The van der Waals surface area contributed by atoms with Crippen molar-refractivity contribution in [2.24, 2.45) is 0 Å². The molecule has 3 rings (SSSR count). The van der Waals surface area contributed by atoms with E-state index in [9.17, 15) is 10.1 Å². The largest absolute Gasteiger partial charge is 0.337 e. The molecular formula is C18H21N5OS2. The van der Waals surface area contributed by atoms with Crippen molar-refractivity contribution in [2.75, 3.05) is 11.1 Å². The minimum Gasteiger partial charge on any atom is -0.337 e. The number of hydrogen-bond donors (Lipinski definition) is 2. The van der Waals surface area contributed by atoms with Crippen molar-refractivity contribution in [3.8, 4) is 6.07 Å². The Kier molecular flexibility index (Phi) is 6.12. The summed E-state index contributed by atoms with van der Waals surface area (Å²) in [6, 6.07) is 10.3. The fraction of sp³-hybridized carbons (Fsp3) is 0.444. The van der Waals surface area contributed by atoms with Crippen LogP contribution in [0.25, 0.3) is 0 Å². The van der Waals surface area contributed by atoms with E-state index in [1.807, 2.05) is 31.2 Å². The average Bonchev–Trinajstić information content (AvgIpc) is 3.10. The minimum atomic E-state index is -0.685. The number of aromatic nitrogens is 2. The van der Waals surface area contributed by atoms with Crippen LogP contribution in [0.2, 0.25) is 0 Å². The molecule has 6 nitrogen and oxygen atoms in total. The molecule has 8 heteroatoms. The highest BCUT2D eigenvalue weighted by atomic mass is 32.2. The second-order valence-corrected chi connectivity index (χ2v) is 8.66. The fourth-order valence-electron chi connectivity index (χ4n) is 2.93. The number of anilines is 2. The van der Waals surface area contributed by atoms with E-state index in [1.165, 1.54) is 28.7 Å². The number of nitrogens with one attached hydrogen (secondary N) is 2. The Morgan fingerprint density at radius 1 is 1.27 bits per heavy atom. The third-order valence-corrected chi connectivity index (χ3v) is 6.31. The Balaban J connectivity index is 1.50. The Labute approximate surface area is 161 Å². The van der Waals surface area contributed by atoms with Gasteiger partial charge in [-0.15, -0.1) is 10.2 Å². The van der Waals surface area contributed by atoms with Gasteiger partial charge in [-0.2, -0.15) is 5.26 Å². The number of benzene rings is 1. The van der Waals surface area contributed by atoms with Gasteiger partial charge in [0.2, 0.25) is 11.0 Å². The van der Waals surface area contributed by atoms with Crippen molar-refractivity contribution in [1.82, 2.24) is 15.5 Å². The van der Waals surface area contributed by atoms with Gasteiger partial charge < -0.3 is 10.6 Å². The summed E-state index contributed by atoms with van der Waals surface area (Å²) in [6.07, 6.45) is 4.60. The standard InChI is InChI=1S/C18H21N5OS2/c1-13-5-7-14(8-6-13)20-16-22-23-17(26-16)25-11-15(24)21-18(12-19)9-3-2-4-10-18/h5-8H,2-4,9-11H2,1H3,(H,20,22)(H,21,24). The monoisotopic (exact) mass is 387 g/mol. The Morgan fingerprint density at radius 2 is 2.00 bits per heavy atom. The zero-order valence-corrected chi connectivity index (χ0v) is 16.3. The summed E-state index contributed by atoms with van der Waals surface area (Å²) in [5.41, 5.74) is 1.47. The molecule has 0 unspecified atom stereocenters. The molecule has 0 atom stereocenters. The summed E-state index contributed by atoms with van der Waals surface area (Å²) in [4.78, 5) is 12.2. The predicted octanol–water partition coefficient (Wildman–Crippen LogP) is 4.02. The van der Waals surface area contributed by atoms with E-state index >= 15 is 0 Å². The van der Waals surface area contributed by atoms with Gasteiger partial charge in [0.25, 0.3) is 0 Å². The van der Waals surface area contributed by atoms with Crippen LogP contribution in [0.15, 0.2) is 28.6 Å². The van der Waals surface area contributed by atoms with E-state index in [1.54, 1.807) is 0 Å². The van der Waals surface area contributed by atoms with Crippen molar-refractivity contribution in [3.05, 3.63) is 29.8 Å². The molecule has 1 amide bonds. The van der Waals surface area contributed by atoms with Crippen molar-refractivity contribution in [2.45, 2.75) is 48.9 Å². The molecular weight excluding hydrogens is 366 g/mol. The van der Waals surface area contributed by atoms with Crippen molar-refractivity contribution in [1.29, 1.82) is 5.26 Å². The first-order valence-electron chi connectivity index (χ1n) is 8.61. The van der Waals surface area contributed by atoms with Gasteiger partial charge in [0.1, 0.15) is 5.54 Å². The normalized spacial score (nSPS) is 15.8. The molecule has 0 saturated heterocycles. The molecule has 1 aromatic carbocycles. The topological polar surface area (TPSA) is 90.7 Å². The van der Waals surface area contributed by atoms with Gasteiger partial charge in [-0.3, -0.25) is 4.79 Å². The van der Waals surface area contributed by atoms with E-state index in [2.05, 4.69) is 26.9 Å². The minimum absolute atomic E-state index is 0.123. The van der Waals surface area contributed by atoms with E-state index in [-0.39, 0.29) is 11.7 Å². The molecule has 2 N–H and O–H groups in total. The molecule has 0 bridgehead atoms. The maximum Gasteiger partial charge on any atom is 0.231 e. The van der Waals surface area contributed by atoms with Crippen molar-refractivity contribution < 1.29 is 4.79 Å². The summed E-state index contributed by atoms with van der Waals surface area (Å²) in [6.45, 7) is 2.04. The van der Waals surface area contributed by atoms with Crippen molar-refractivity contribution >= 4 is 39.8 Å². The molecule has 1 aliphatic rings. The van der Waals surface area contributed by atoms with Crippen LogP contribution in [0.3, 0.4) is 0 Å². The number of carbonyl (C=O) groups excluding carboxylic acids is 1. The quantitative estimate of drug-likeness (QED) is 0.728. The Bertz CT molecular complexity index is 791. The first kappa shape index (κ1) is 18.7. The molecule has 136 valence electrons. The highest BCUT2D eigenvalue weighted by Crippen LogP contribution is 2.29. The summed E-state index contributed by atoms with van der Waals surface area (Å²) < 4.78 is 0.726. The zero-order chi connectivity index (χ0) is 18.4. The lowest BCUT2D eigenvalue weighted by molar-refractivity contribution is -0.120. The van der Waals surface area contributed by atoms with Crippen LogP contribution in [0.4, 0.5) is 10.8 Å². The van der Waals surface area contributed by atoms with Crippen LogP contribution in [-0.4, -0.2) is 27.4 Å². The number of aryl methyl sites for hydroxylation is 1. The number of thioether (sulfide) groups is 1. The maximum absolute atomic E-state index is 12.2. The summed E-state index contributed by atoms with van der Waals surface area (Å²) in [5, 5.41) is 24.5. The lowest BCUT2D eigenvalue weighted by Gasteiger charge is -2.31. The first-order chi connectivity index (χ1) is 12.6. The maximum atomic E-state index is 12.2. The molecule has 0 spiro atoms. The Hall–Kier alpha value is -2.11. The average molecular weight is 388 g/mol. The van der Waals surface area contributed by atoms with Gasteiger partial charge in [0, 0.05) is 5.69 Å². The number of amides is 1. The van der Waals surface area contributed by atoms with Gasteiger partial charge in [-0.1, -0.05) is 60.1 Å². The van der Waals surface area contributed by atoms with Gasteiger partial charge in [-0.25, -0.2) is 0 Å². The molecule has 2 aromatic rings. The second kappa shape index (κ2) is 8.52. The Morgan fingerprint density at radius 3 is 2.69 bits per heavy atom. The van der Waals surface area contributed by atoms with Gasteiger partial charge in [0.15, 0.2) is 4.34 Å². The third kappa shape index (κ3) is 4.96. The first-order valence-corrected chi connectivity index (χ1v) is 10.4. The zero-order valence-electron chi connectivity index (χ0n) is 14.6. The number of hydrogen-bond acceptors (Lipinski definition) is 7. The third-order valence-electron chi connectivity index (χ3n) is 4.34. The lowest BCUT2D eigenvalue weighted by atomic mass is 9.83. The van der Waals surface area contributed by atoms with Gasteiger partial charge in [-0.05, 0) is 31.9 Å².